The standard InChI is InChI=1S/C17H14F3NO2/c1-2-23-16(22)14-7-4-10-21-15(14)9-8-12-5-3-6-13(11-12)17(18,19)20/h3-11H,2H2,1H3/b9-8-. The van der Waals surface area contributed by atoms with Crippen molar-refractivity contribution in [3.63, 3.8) is 0 Å². The average Bonchev–Trinajstić information content (AvgIpc) is 2.53. The molecule has 2 aromatic rings. The highest BCUT2D eigenvalue weighted by atomic mass is 19.4. The Bertz CT molecular complexity index is 724. The summed E-state index contributed by atoms with van der Waals surface area (Å²) < 4.78 is 43.0. The summed E-state index contributed by atoms with van der Waals surface area (Å²) in [6, 6.07) is 8.04. The van der Waals surface area contributed by atoms with Crippen molar-refractivity contribution in [2.75, 3.05) is 6.61 Å². The molecule has 0 saturated carbocycles. The largest absolute Gasteiger partial charge is 0.462 e. The lowest BCUT2D eigenvalue weighted by Crippen LogP contribution is -2.07. The fourth-order valence-electron chi connectivity index (χ4n) is 1.93. The summed E-state index contributed by atoms with van der Waals surface area (Å²) in [6.07, 6.45) is 0.0571. The molecule has 0 unspecified atom stereocenters. The molecule has 0 spiro atoms. The number of hydrogen-bond acceptors (Lipinski definition) is 3. The summed E-state index contributed by atoms with van der Waals surface area (Å²) in [7, 11) is 0. The summed E-state index contributed by atoms with van der Waals surface area (Å²) in [4.78, 5) is 15.9. The van der Waals surface area contributed by atoms with Gasteiger partial charge in [-0.25, -0.2) is 4.79 Å². The van der Waals surface area contributed by atoms with E-state index in [4.69, 9.17) is 4.74 Å². The Hall–Kier alpha value is -2.63. The Balaban J connectivity index is 2.29. The maximum atomic E-state index is 12.7. The number of esters is 1. The van der Waals surface area contributed by atoms with E-state index in [-0.39, 0.29) is 12.2 Å². The first-order valence-corrected chi connectivity index (χ1v) is 6.89. The second kappa shape index (κ2) is 7.09. The molecular weight excluding hydrogens is 307 g/mol. The molecule has 0 aliphatic rings. The average molecular weight is 321 g/mol. The smallest absolute Gasteiger partial charge is 0.416 e. The lowest BCUT2D eigenvalue weighted by atomic mass is 10.1. The number of pyridine rings is 1. The molecule has 1 heterocycles. The van der Waals surface area contributed by atoms with Crippen LogP contribution in [0.1, 0.15) is 34.1 Å². The van der Waals surface area contributed by atoms with E-state index in [1.165, 1.54) is 24.4 Å². The molecule has 0 N–H and O–H groups in total. The monoisotopic (exact) mass is 321 g/mol. The Morgan fingerprint density at radius 1 is 1.22 bits per heavy atom. The number of aromatic nitrogens is 1. The van der Waals surface area contributed by atoms with E-state index in [2.05, 4.69) is 4.98 Å². The van der Waals surface area contributed by atoms with Crippen LogP contribution in [0.3, 0.4) is 0 Å². The molecule has 6 heteroatoms. The molecular formula is C17H14F3NO2. The van der Waals surface area contributed by atoms with E-state index >= 15 is 0 Å². The molecule has 2 rings (SSSR count). The Labute approximate surface area is 131 Å². The predicted octanol–water partition coefficient (Wildman–Crippen LogP) is 4.45. The highest BCUT2D eigenvalue weighted by Gasteiger charge is 2.30. The SMILES string of the molecule is CCOC(=O)c1cccnc1/C=C\c1cccc(C(F)(F)F)c1. The van der Waals surface area contributed by atoms with Crippen molar-refractivity contribution in [1.82, 2.24) is 4.98 Å². The fourth-order valence-corrected chi connectivity index (χ4v) is 1.93. The van der Waals surface area contributed by atoms with Crippen molar-refractivity contribution in [3.05, 3.63) is 65.0 Å². The third kappa shape index (κ3) is 4.42. The van der Waals surface area contributed by atoms with Gasteiger partial charge in [0.15, 0.2) is 0 Å². The van der Waals surface area contributed by atoms with E-state index in [1.807, 2.05) is 0 Å². The Morgan fingerprint density at radius 2 is 2.00 bits per heavy atom. The molecule has 23 heavy (non-hydrogen) atoms. The van der Waals surface area contributed by atoms with Gasteiger partial charge in [0.25, 0.3) is 0 Å². The van der Waals surface area contributed by atoms with Gasteiger partial charge in [-0.15, -0.1) is 0 Å². The first-order chi connectivity index (χ1) is 10.9. The summed E-state index contributed by atoms with van der Waals surface area (Å²) >= 11 is 0. The maximum absolute atomic E-state index is 12.7. The number of carbonyl (C=O) groups excluding carboxylic acids is 1. The molecule has 0 saturated heterocycles. The van der Waals surface area contributed by atoms with Crippen molar-refractivity contribution in [3.8, 4) is 0 Å². The zero-order valence-corrected chi connectivity index (χ0v) is 12.3. The van der Waals surface area contributed by atoms with Crippen LogP contribution in [-0.4, -0.2) is 17.6 Å². The fraction of sp³-hybridized carbons (Fsp3) is 0.176. The van der Waals surface area contributed by atoms with Crippen molar-refractivity contribution in [1.29, 1.82) is 0 Å². The Morgan fingerprint density at radius 3 is 2.70 bits per heavy atom. The van der Waals surface area contributed by atoms with Gasteiger partial charge in [0.05, 0.1) is 23.4 Å². The number of rotatable bonds is 4. The van der Waals surface area contributed by atoms with E-state index in [0.29, 0.717) is 11.3 Å². The van der Waals surface area contributed by atoms with Crippen LogP contribution in [0.4, 0.5) is 13.2 Å². The number of nitrogens with zero attached hydrogens (tertiary/aromatic N) is 1. The molecule has 1 aromatic carbocycles. The molecule has 0 aliphatic carbocycles. The van der Waals surface area contributed by atoms with Gasteiger partial charge in [-0.3, -0.25) is 4.98 Å². The molecule has 0 fully saturated rings. The number of ether oxygens (including phenoxy) is 1. The lowest BCUT2D eigenvalue weighted by Gasteiger charge is -2.07. The molecule has 3 nitrogen and oxygen atoms in total. The van der Waals surface area contributed by atoms with Crippen molar-refractivity contribution in [2.45, 2.75) is 13.1 Å². The van der Waals surface area contributed by atoms with Crippen LogP contribution >= 0.6 is 0 Å². The lowest BCUT2D eigenvalue weighted by molar-refractivity contribution is -0.137. The second-order valence-electron chi connectivity index (χ2n) is 4.61. The summed E-state index contributed by atoms with van der Waals surface area (Å²) in [6.45, 7) is 1.91. The molecule has 1 aromatic heterocycles. The quantitative estimate of drug-likeness (QED) is 0.781. The normalized spacial score (nSPS) is 11.7. The van der Waals surface area contributed by atoms with Crippen molar-refractivity contribution in [2.24, 2.45) is 0 Å². The summed E-state index contributed by atoms with van der Waals surface area (Å²) in [5, 5.41) is 0. The minimum atomic E-state index is -4.40. The molecule has 0 amide bonds. The van der Waals surface area contributed by atoms with Crippen LogP contribution < -0.4 is 0 Å². The molecule has 0 radical (unpaired) electrons. The number of benzene rings is 1. The first-order valence-electron chi connectivity index (χ1n) is 6.89. The highest BCUT2D eigenvalue weighted by molar-refractivity contribution is 5.93. The van der Waals surface area contributed by atoms with E-state index < -0.39 is 17.7 Å². The minimum absolute atomic E-state index is 0.227. The van der Waals surface area contributed by atoms with Crippen LogP contribution in [-0.2, 0) is 10.9 Å². The zero-order chi connectivity index (χ0) is 16.9. The molecule has 0 atom stereocenters. The van der Waals surface area contributed by atoms with Gasteiger partial charge in [0, 0.05) is 6.20 Å². The van der Waals surface area contributed by atoms with Crippen molar-refractivity contribution < 1.29 is 22.7 Å². The van der Waals surface area contributed by atoms with E-state index in [0.717, 1.165) is 12.1 Å². The van der Waals surface area contributed by atoms with E-state index in [1.54, 1.807) is 25.1 Å². The maximum Gasteiger partial charge on any atom is 0.416 e. The minimum Gasteiger partial charge on any atom is -0.462 e. The Kier molecular flexibility index (Phi) is 5.16. The predicted molar refractivity (Wildman–Crippen MR) is 80.6 cm³/mol. The van der Waals surface area contributed by atoms with Gasteiger partial charge in [0.1, 0.15) is 0 Å². The van der Waals surface area contributed by atoms with Crippen LogP contribution in [0, 0.1) is 0 Å². The highest BCUT2D eigenvalue weighted by Crippen LogP contribution is 2.29. The third-order valence-corrected chi connectivity index (χ3v) is 2.98. The number of carbonyl (C=O) groups is 1. The van der Waals surface area contributed by atoms with Gasteiger partial charge in [-0.1, -0.05) is 18.2 Å². The number of alkyl halides is 3. The second-order valence-corrected chi connectivity index (χ2v) is 4.61. The van der Waals surface area contributed by atoms with Crippen molar-refractivity contribution >= 4 is 18.1 Å². The van der Waals surface area contributed by atoms with Gasteiger partial charge in [-0.05, 0) is 42.8 Å². The van der Waals surface area contributed by atoms with Crippen LogP contribution in [0.2, 0.25) is 0 Å². The van der Waals surface area contributed by atoms with Gasteiger partial charge >= 0.3 is 12.1 Å². The molecule has 120 valence electrons. The third-order valence-electron chi connectivity index (χ3n) is 2.98. The van der Waals surface area contributed by atoms with Crippen LogP contribution in [0.15, 0.2) is 42.6 Å². The zero-order valence-electron chi connectivity index (χ0n) is 12.3. The van der Waals surface area contributed by atoms with Gasteiger partial charge in [-0.2, -0.15) is 13.2 Å². The first kappa shape index (κ1) is 16.7. The molecule has 0 bridgehead atoms. The summed E-state index contributed by atoms with van der Waals surface area (Å²) in [5.41, 5.74) is 0.229. The molecule has 0 aliphatic heterocycles. The topological polar surface area (TPSA) is 39.2 Å². The van der Waals surface area contributed by atoms with Crippen LogP contribution in [0.25, 0.3) is 12.2 Å². The van der Waals surface area contributed by atoms with Crippen LogP contribution in [0.5, 0.6) is 0 Å². The van der Waals surface area contributed by atoms with E-state index in [9.17, 15) is 18.0 Å². The summed E-state index contributed by atoms with van der Waals surface area (Å²) in [5.74, 6) is -0.524. The van der Waals surface area contributed by atoms with Gasteiger partial charge in [0.2, 0.25) is 0 Å². The number of hydrogen-bond donors (Lipinski definition) is 0. The van der Waals surface area contributed by atoms with Gasteiger partial charge < -0.3 is 4.74 Å². The number of halogens is 3.